The second-order valence-corrected chi connectivity index (χ2v) is 6.26. The molecule has 0 aromatic heterocycles. The van der Waals surface area contributed by atoms with Crippen molar-refractivity contribution in [1.82, 2.24) is 4.72 Å². The second-order valence-electron chi connectivity index (χ2n) is 3.96. The van der Waals surface area contributed by atoms with Gasteiger partial charge in [-0.3, -0.25) is 0 Å². The number of hydrogen-bond donors (Lipinski definition) is 1. The molecule has 0 unspecified atom stereocenters. The van der Waals surface area contributed by atoms with Gasteiger partial charge in [0.2, 0.25) is 10.0 Å². The van der Waals surface area contributed by atoms with Crippen molar-refractivity contribution in [3.05, 3.63) is 29.8 Å². The third-order valence-corrected chi connectivity index (χ3v) is 4.48. The van der Waals surface area contributed by atoms with Crippen LogP contribution in [-0.2, 0) is 10.0 Å². The predicted octanol–water partition coefficient (Wildman–Crippen LogP) is 2.01. The zero-order chi connectivity index (χ0) is 12.6. The van der Waals surface area contributed by atoms with Crippen LogP contribution < -0.4 is 4.72 Å². The lowest BCUT2D eigenvalue weighted by molar-refractivity contribution is 0.390. The Morgan fingerprint density at radius 1 is 1.29 bits per heavy atom. The molecule has 0 aliphatic heterocycles. The van der Waals surface area contributed by atoms with Gasteiger partial charge in [0.25, 0.3) is 0 Å². The molecule has 0 bridgehead atoms. The molecule has 1 aliphatic carbocycles. The molecule has 17 heavy (non-hydrogen) atoms. The summed E-state index contributed by atoms with van der Waals surface area (Å²) >= 11 is 5.71. The Bertz CT molecular complexity index is 529. The van der Waals surface area contributed by atoms with E-state index in [1.54, 1.807) is 0 Å². The molecule has 7 heteroatoms. The Kier molecular flexibility index (Phi) is 3.38. The van der Waals surface area contributed by atoms with E-state index in [1.807, 2.05) is 0 Å². The van der Waals surface area contributed by atoms with E-state index in [-0.39, 0.29) is 11.4 Å². The van der Waals surface area contributed by atoms with Crippen LogP contribution in [0.2, 0.25) is 0 Å². The molecule has 0 saturated heterocycles. The summed E-state index contributed by atoms with van der Waals surface area (Å²) in [4.78, 5) is -0.671. The van der Waals surface area contributed by atoms with E-state index >= 15 is 0 Å². The van der Waals surface area contributed by atoms with Crippen LogP contribution in [-0.4, -0.2) is 19.8 Å². The largest absolute Gasteiger partial charge is 0.243 e. The van der Waals surface area contributed by atoms with Gasteiger partial charge >= 0.3 is 0 Å². The molecule has 0 atom stereocenters. The van der Waals surface area contributed by atoms with E-state index in [0.717, 1.165) is 12.1 Å². The molecular weight excluding hydrogens is 272 g/mol. The monoisotopic (exact) mass is 281 g/mol. The minimum Gasteiger partial charge on any atom is -0.208 e. The maximum atomic E-state index is 13.3. The molecule has 1 fully saturated rings. The lowest BCUT2D eigenvalue weighted by Gasteiger charge is -2.31. The van der Waals surface area contributed by atoms with E-state index < -0.39 is 26.6 Å². The van der Waals surface area contributed by atoms with E-state index in [1.165, 1.54) is 0 Å². The highest BCUT2D eigenvalue weighted by Gasteiger charge is 2.32. The number of alkyl halides is 1. The molecule has 94 valence electrons. The zero-order valence-corrected chi connectivity index (χ0v) is 10.2. The molecule has 2 rings (SSSR count). The van der Waals surface area contributed by atoms with E-state index in [0.29, 0.717) is 18.9 Å². The van der Waals surface area contributed by atoms with Gasteiger partial charge in [0.15, 0.2) is 0 Å². The summed E-state index contributed by atoms with van der Waals surface area (Å²) in [5.41, 5.74) is 0. The van der Waals surface area contributed by atoms with Gasteiger partial charge in [-0.15, -0.1) is 11.6 Å². The highest BCUT2D eigenvalue weighted by Crippen LogP contribution is 2.27. The molecule has 1 aromatic rings. The topological polar surface area (TPSA) is 46.2 Å². The molecular formula is C10H10ClF2NO2S. The lowest BCUT2D eigenvalue weighted by atomic mass is 9.94. The third-order valence-electron chi connectivity index (χ3n) is 2.59. The number of sulfonamides is 1. The fourth-order valence-electron chi connectivity index (χ4n) is 1.61. The summed E-state index contributed by atoms with van der Waals surface area (Å²) in [5, 5.41) is -0.0555. The van der Waals surface area contributed by atoms with Gasteiger partial charge in [-0.05, 0) is 31.0 Å². The highest BCUT2D eigenvalue weighted by atomic mass is 35.5. The quantitative estimate of drug-likeness (QED) is 0.862. The van der Waals surface area contributed by atoms with Gasteiger partial charge in [-0.1, -0.05) is 0 Å². The molecule has 1 N–H and O–H groups in total. The first-order chi connectivity index (χ1) is 7.88. The average molecular weight is 282 g/mol. The SMILES string of the molecule is O=S(=O)(NC1CC(Cl)C1)c1cc(F)ccc1F. The summed E-state index contributed by atoms with van der Waals surface area (Å²) in [6.07, 6.45) is 0.995. The fraction of sp³-hybridized carbons (Fsp3) is 0.400. The Labute approximate surface area is 103 Å². The van der Waals surface area contributed by atoms with Gasteiger partial charge in [-0.25, -0.2) is 21.9 Å². The summed E-state index contributed by atoms with van der Waals surface area (Å²) in [6, 6.07) is 2.01. The zero-order valence-electron chi connectivity index (χ0n) is 8.66. The summed E-state index contributed by atoms with van der Waals surface area (Å²) in [7, 11) is -4.02. The third kappa shape index (κ3) is 2.75. The van der Waals surface area contributed by atoms with Gasteiger partial charge in [0, 0.05) is 11.4 Å². The van der Waals surface area contributed by atoms with E-state index in [9.17, 15) is 17.2 Å². The van der Waals surface area contributed by atoms with Crippen LogP contribution in [0.5, 0.6) is 0 Å². The molecule has 1 saturated carbocycles. The van der Waals surface area contributed by atoms with Crippen LogP contribution in [0.1, 0.15) is 12.8 Å². The van der Waals surface area contributed by atoms with Crippen LogP contribution in [0.25, 0.3) is 0 Å². The number of benzene rings is 1. The van der Waals surface area contributed by atoms with Crippen LogP contribution >= 0.6 is 11.6 Å². The van der Waals surface area contributed by atoms with Gasteiger partial charge in [0.1, 0.15) is 16.5 Å². The van der Waals surface area contributed by atoms with Crippen molar-refractivity contribution in [2.75, 3.05) is 0 Å². The second kappa shape index (κ2) is 4.51. The maximum absolute atomic E-state index is 13.3. The number of hydrogen-bond acceptors (Lipinski definition) is 2. The van der Waals surface area contributed by atoms with Crippen LogP contribution in [0.15, 0.2) is 23.1 Å². The lowest BCUT2D eigenvalue weighted by Crippen LogP contribution is -2.44. The number of halogens is 3. The average Bonchev–Trinajstić information content (AvgIpc) is 2.19. The summed E-state index contributed by atoms with van der Waals surface area (Å²) in [5.74, 6) is -1.77. The first kappa shape index (κ1) is 12.7. The van der Waals surface area contributed by atoms with Crippen molar-refractivity contribution in [3.63, 3.8) is 0 Å². The van der Waals surface area contributed by atoms with Crippen LogP contribution in [0.3, 0.4) is 0 Å². The molecule has 0 heterocycles. The Balaban J connectivity index is 2.22. The maximum Gasteiger partial charge on any atom is 0.243 e. The minimum absolute atomic E-state index is 0.0555. The molecule has 0 radical (unpaired) electrons. The van der Waals surface area contributed by atoms with Crippen molar-refractivity contribution in [2.24, 2.45) is 0 Å². The van der Waals surface area contributed by atoms with Gasteiger partial charge in [-0.2, -0.15) is 0 Å². The van der Waals surface area contributed by atoms with Gasteiger partial charge < -0.3 is 0 Å². The molecule has 0 amide bonds. The Hall–Kier alpha value is -0.720. The van der Waals surface area contributed by atoms with Crippen molar-refractivity contribution < 1.29 is 17.2 Å². The number of rotatable bonds is 3. The van der Waals surface area contributed by atoms with Crippen molar-refractivity contribution in [1.29, 1.82) is 0 Å². The first-order valence-corrected chi connectivity index (χ1v) is 6.92. The van der Waals surface area contributed by atoms with Crippen LogP contribution in [0.4, 0.5) is 8.78 Å². The Morgan fingerprint density at radius 2 is 1.94 bits per heavy atom. The summed E-state index contributed by atoms with van der Waals surface area (Å²) in [6.45, 7) is 0. The first-order valence-electron chi connectivity index (χ1n) is 5.00. The van der Waals surface area contributed by atoms with Crippen molar-refractivity contribution in [3.8, 4) is 0 Å². The standard InChI is InChI=1S/C10H10ClF2NO2S/c11-6-3-8(4-6)14-17(15,16)10-5-7(12)1-2-9(10)13/h1-2,5-6,8,14H,3-4H2. The van der Waals surface area contributed by atoms with Crippen LogP contribution in [0, 0.1) is 11.6 Å². The highest BCUT2D eigenvalue weighted by molar-refractivity contribution is 7.89. The number of nitrogens with one attached hydrogen (secondary N) is 1. The fourth-order valence-corrected chi connectivity index (χ4v) is 3.39. The van der Waals surface area contributed by atoms with Gasteiger partial charge in [0.05, 0.1) is 0 Å². The summed E-state index contributed by atoms with van der Waals surface area (Å²) < 4.78 is 52.0. The normalized spacial score (nSPS) is 24.4. The molecule has 0 spiro atoms. The smallest absolute Gasteiger partial charge is 0.208 e. The van der Waals surface area contributed by atoms with E-state index in [2.05, 4.69) is 4.72 Å². The van der Waals surface area contributed by atoms with Crippen molar-refractivity contribution in [2.45, 2.75) is 29.2 Å². The molecule has 1 aromatic carbocycles. The molecule has 3 nitrogen and oxygen atoms in total. The van der Waals surface area contributed by atoms with Crippen molar-refractivity contribution >= 4 is 21.6 Å². The minimum atomic E-state index is -4.02. The Morgan fingerprint density at radius 3 is 2.53 bits per heavy atom. The van der Waals surface area contributed by atoms with E-state index in [4.69, 9.17) is 11.6 Å². The molecule has 1 aliphatic rings. The predicted molar refractivity (Wildman–Crippen MR) is 59.3 cm³/mol.